The third kappa shape index (κ3) is 3.40. The Labute approximate surface area is 135 Å². The molecule has 0 spiro atoms. The van der Waals surface area contributed by atoms with Gasteiger partial charge in [0.2, 0.25) is 5.91 Å². The minimum Gasteiger partial charge on any atom is -0.353 e. The van der Waals surface area contributed by atoms with Crippen LogP contribution in [0.2, 0.25) is 0 Å². The van der Waals surface area contributed by atoms with E-state index in [-0.39, 0.29) is 17.2 Å². The first-order valence-electron chi connectivity index (χ1n) is 7.78. The Kier molecular flexibility index (Phi) is 4.34. The fourth-order valence-electron chi connectivity index (χ4n) is 2.30. The van der Waals surface area contributed by atoms with E-state index < -0.39 is 0 Å². The predicted octanol–water partition coefficient (Wildman–Crippen LogP) is 3.51. The zero-order valence-corrected chi connectivity index (χ0v) is 14.0. The number of amides is 1. The predicted molar refractivity (Wildman–Crippen MR) is 90.1 cm³/mol. The van der Waals surface area contributed by atoms with E-state index in [2.05, 4.69) is 10.3 Å². The molecule has 1 fully saturated rings. The van der Waals surface area contributed by atoms with E-state index in [1.807, 2.05) is 45.0 Å². The first-order chi connectivity index (χ1) is 10.5. The van der Waals surface area contributed by atoms with E-state index in [1.165, 1.54) is 24.6 Å². The first-order valence-corrected chi connectivity index (χ1v) is 8.66. The van der Waals surface area contributed by atoms with Crippen molar-refractivity contribution < 1.29 is 4.79 Å². The van der Waals surface area contributed by atoms with Crippen LogP contribution < -0.4 is 5.32 Å². The quantitative estimate of drug-likeness (QED) is 0.677. The summed E-state index contributed by atoms with van der Waals surface area (Å²) >= 11 is 1.52. The molecule has 116 valence electrons. The molecular weight excluding hydrogens is 294 g/mol. The third-order valence-corrected chi connectivity index (χ3v) is 4.72. The summed E-state index contributed by atoms with van der Waals surface area (Å²) in [7, 11) is 0. The smallest absolute Gasteiger partial charge is 0.233 e. The largest absolute Gasteiger partial charge is 0.353 e. The lowest BCUT2D eigenvalue weighted by Crippen LogP contribution is -2.35. The molecule has 0 bridgehead atoms. The van der Waals surface area contributed by atoms with Crippen LogP contribution in [0.5, 0.6) is 0 Å². The van der Waals surface area contributed by atoms with Gasteiger partial charge >= 0.3 is 0 Å². The number of hydrogen-bond acceptors (Lipinski definition) is 4. The van der Waals surface area contributed by atoms with Crippen LogP contribution >= 0.6 is 11.8 Å². The molecule has 4 nitrogen and oxygen atoms in total. The summed E-state index contributed by atoms with van der Waals surface area (Å²) in [6.45, 7) is 5.87. The number of carbonyl (C=O) groups excluding carboxylic acids is 1. The number of thioether (sulfide) groups is 1. The van der Waals surface area contributed by atoms with E-state index in [9.17, 15) is 4.79 Å². The minimum atomic E-state index is -0.173. The Morgan fingerprint density at radius 3 is 2.64 bits per heavy atom. The summed E-state index contributed by atoms with van der Waals surface area (Å²) in [6, 6.07) is 8.19. The molecular formula is C17H21N3OS. The van der Waals surface area contributed by atoms with Crippen molar-refractivity contribution in [2.75, 3.05) is 0 Å². The third-order valence-electron chi connectivity index (χ3n) is 3.62. The van der Waals surface area contributed by atoms with Crippen LogP contribution in [-0.2, 0) is 4.79 Å². The van der Waals surface area contributed by atoms with Gasteiger partial charge in [0.1, 0.15) is 10.9 Å². The molecule has 22 heavy (non-hydrogen) atoms. The number of carbonyl (C=O) groups is 1. The molecule has 0 unspecified atom stereocenters. The second kappa shape index (κ2) is 6.24. The lowest BCUT2D eigenvalue weighted by atomic mass is 10.2. The van der Waals surface area contributed by atoms with E-state index >= 15 is 0 Å². The summed E-state index contributed by atoms with van der Waals surface area (Å²) in [5.41, 5.74) is 0.971. The van der Waals surface area contributed by atoms with Gasteiger partial charge < -0.3 is 5.32 Å². The van der Waals surface area contributed by atoms with Crippen LogP contribution in [-0.4, -0.2) is 27.2 Å². The van der Waals surface area contributed by atoms with Crippen LogP contribution in [0.1, 0.15) is 45.4 Å². The van der Waals surface area contributed by atoms with Crippen molar-refractivity contribution in [2.45, 2.75) is 55.8 Å². The highest BCUT2D eigenvalue weighted by Crippen LogP contribution is 2.40. The molecule has 1 heterocycles. The van der Waals surface area contributed by atoms with Gasteiger partial charge in [-0.1, -0.05) is 30.0 Å². The van der Waals surface area contributed by atoms with Crippen molar-refractivity contribution in [1.29, 1.82) is 0 Å². The molecule has 1 amide bonds. The van der Waals surface area contributed by atoms with E-state index in [0.29, 0.717) is 5.92 Å². The maximum atomic E-state index is 12.1. The van der Waals surface area contributed by atoms with E-state index in [4.69, 9.17) is 4.98 Å². The topological polar surface area (TPSA) is 54.9 Å². The van der Waals surface area contributed by atoms with Crippen LogP contribution in [0.15, 0.2) is 29.3 Å². The Hall–Kier alpha value is -1.62. The number of para-hydroxylation sites is 1. The van der Waals surface area contributed by atoms with Gasteiger partial charge in [-0.2, -0.15) is 0 Å². The minimum absolute atomic E-state index is 0.0515. The maximum Gasteiger partial charge on any atom is 0.233 e. The monoisotopic (exact) mass is 315 g/mol. The summed E-state index contributed by atoms with van der Waals surface area (Å²) in [5.74, 6) is 1.48. The molecule has 5 heteroatoms. The summed E-state index contributed by atoms with van der Waals surface area (Å²) in [6.07, 6.45) is 2.34. The average Bonchev–Trinajstić information content (AvgIpc) is 3.31. The van der Waals surface area contributed by atoms with Gasteiger partial charge in [0.05, 0.1) is 10.8 Å². The molecule has 3 rings (SSSR count). The van der Waals surface area contributed by atoms with Crippen molar-refractivity contribution in [3.05, 3.63) is 30.1 Å². The number of benzene rings is 1. The Morgan fingerprint density at radius 1 is 1.23 bits per heavy atom. The highest BCUT2D eigenvalue weighted by molar-refractivity contribution is 8.00. The molecule has 1 saturated carbocycles. The first kappa shape index (κ1) is 15.3. The SMILES string of the molecule is CC(C)NC(=O)[C@@H](C)Sc1nc(C2CC2)nc2ccccc12. The lowest BCUT2D eigenvalue weighted by Gasteiger charge is -2.15. The number of fused-ring (bicyclic) bond motifs is 1. The zero-order valence-electron chi connectivity index (χ0n) is 13.2. The Morgan fingerprint density at radius 2 is 1.95 bits per heavy atom. The summed E-state index contributed by atoms with van der Waals surface area (Å²) in [5, 5.41) is 4.73. The number of rotatable bonds is 5. The number of aromatic nitrogens is 2. The molecule has 1 aromatic heterocycles. The molecule has 0 radical (unpaired) electrons. The Bertz CT molecular complexity index is 697. The molecule has 0 aliphatic heterocycles. The zero-order chi connectivity index (χ0) is 15.7. The summed E-state index contributed by atoms with van der Waals surface area (Å²) < 4.78 is 0. The second-order valence-corrected chi connectivity index (χ2v) is 7.43. The van der Waals surface area contributed by atoms with E-state index in [1.54, 1.807) is 0 Å². The molecule has 1 aliphatic carbocycles. The van der Waals surface area contributed by atoms with Crippen molar-refractivity contribution in [1.82, 2.24) is 15.3 Å². The van der Waals surface area contributed by atoms with Crippen LogP contribution in [0.4, 0.5) is 0 Å². The fraction of sp³-hybridized carbons (Fsp3) is 0.471. The van der Waals surface area contributed by atoms with Crippen molar-refractivity contribution in [2.24, 2.45) is 0 Å². The standard InChI is InChI=1S/C17H21N3OS/c1-10(2)18-16(21)11(3)22-17-13-6-4-5-7-14(13)19-15(20-17)12-8-9-12/h4-7,10-12H,8-9H2,1-3H3,(H,18,21)/t11-/m1/s1. The number of nitrogens with zero attached hydrogens (tertiary/aromatic N) is 2. The van der Waals surface area contributed by atoms with Gasteiger partial charge in [0, 0.05) is 17.3 Å². The normalized spacial score (nSPS) is 16.0. The van der Waals surface area contributed by atoms with Gasteiger partial charge in [-0.15, -0.1) is 0 Å². The van der Waals surface area contributed by atoms with E-state index in [0.717, 1.165) is 21.8 Å². The van der Waals surface area contributed by atoms with Crippen LogP contribution in [0.25, 0.3) is 10.9 Å². The molecule has 1 aliphatic rings. The van der Waals surface area contributed by atoms with Crippen LogP contribution in [0.3, 0.4) is 0 Å². The van der Waals surface area contributed by atoms with Gasteiger partial charge in [0.25, 0.3) is 0 Å². The van der Waals surface area contributed by atoms with Gasteiger partial charge in [-0.3, -0.25) is 4.79 Å². The number of nitrogens with one attached hydrogen (secondary N) is 1. The second-order valence-electron chi connectivity index (χ2n) is 6.10. The molecule has 1 atom stereocenters. The lowest BCUT2D eigenvalue weighted by molar-refractivity contribution is -0.120. The summed E-state index contributed by atoms with van der Waals surface area (Å²) in [4.78, 5) is 21.6. The molecule has 1 N–H and O–H groups in total. The van der Waals surface area contributed by atoms with Gasteiger partial charge in [0.15, 0.2) is 0 Å². The molecule has 0 saturated heterocycles. The van der Waals surface area contributed by atoms with Crippen molar-refractivity contribution in [3.8, 4) is 0 Å². The van der Waals surface area contributed by atoms with Crippen molar-refractivity contribution >= 4 is 28.6 Å². The van der Waals surface area contributed by atoms with Gasteiger partial charge in [-0.05, 0) is 39.7 Å². The fourth-order valence-corrected chi connectivity index (χ4v) is 3.26. The molecule has 1 aromatic carbocycles. The highest BCUT2D eigenvalue weighted by Gasteiger charge is 2.28. The van der Waals surface area contributed by atoms with Crippen LogP contribution in [0, 0.1) is 0 Å². The Balaban J connectivity index is 1.90. The van der Waals surface area contributed by atoms with Gasteiger partial charge in [-0.25, -0.2) is 9.97 Å². The number of hydrogen-bond donors (Lipinski definition) is 1. The highest BCUT2D eigenvalue weighted by atomic mass is 32.2. The molecule has 2 aromatic rings. The average molecular weight is 315 g/mol. The van der Waals surface area contributed by atoms with Crippen molar-refractivity contribution in [3.63, 3.8) is 0 Å². The maximum absolute atomic E-state index is 12.1.